The van der Waals surface area contributed by atoms with E-state index in [-0.39, 0.29) is 0 Å². The Labute approximate surface area is 123 Å². The van der Waals surface area contributed by atoms with E-state index >= 15 is 0 Å². The lowest BCUT2D eigenvalue weighted by molar-refractivity contribution is 0.353. The molecule has 3 atom stereocenters. The van der Waals surface area contributed by atoms with Crippen molar-refractivity contribution in [3.05, 3.63) is 34.3 Å². The predicted octanol–water partition coefficient (Wildman–Crippen LogP) is 4.77. The van der Waals surface area contributed by atoms with E-state index in [9.17, 15) is 0 Å². The summed E-state index contributed by atoms with van der Waals surface area (Å²) >= 11 is 5.57. The van der Waals surface area contributed by atoms with Crippen LogP contribution in [-0.2, 0) is 0 Å². The molecular formula is C15H22BrNS. The van der Waals surface area contributed by atoms with Gasteiger partial charge in [-0.2, -0.15) is 11.8 Å². The van der Waals surface area contributed by atoms with Crippen LogP contribution in [0.25, 0.3) is 0 Å². The Morgan fingerprint density at radius 3 is 2.94 bits per heavy atom. The molecule has 0 heterocycles. The molecule has 0 saturated heterocycles. The standard InChI is InChI=1S/C15H22BrNS/c1-11(12-5-3-6-13(16)9-12)17-14-7-4-8-15(10-14)18-2/h3,5-6,9,11,14-15,17H,4,7-8,10H2,1-2H3. The van der Waals surface area contributed by atoms with Crippen molar-refractivity contribution in [1.82, 2.24) is 5.32 Å². The quantitative estimate of drug-likeness (QED) is 0.854. The van der Waals surface area contributed by atoms with Gasteiger partial charge in [0.05, 0.1) is 0 Å². The molecule has 0 radical (unpaired) electrons. The van der Waals surface area contributed by atoms with Crippen LogP contribution >= 0.6 is 27.7 Å². The van der Waals surface area contributed by atoms with Crippen molar-refractivity contribution in [3.63, 3.8) is 0 Å². The number of hydrogen-bond acceptors (Lipinski definition) is 2. The van der Waals surface area contributed by atoms with Crippen LogP contribution in [0.15, 0.2) is 28.7 Å². The minimum Gasteiger partial charge on any atom is -0.307 e. The smallest absolute Gasteiger partial charge is 0.0294 e. The molecule has 1 aliphatic carbocycles. The lowest BCUT2D eigenvalue weighted by atomic mass is 9.93. The van der Waals surface area contributed by atoms with E-state index in [1.165, 1.54) is 35.7 Å². The first-order valence-corrected chi connectivity index (χ1v) is 8.81. The Morgan fingerprint density at radius 2 is 2.22 bits per heavy atom. The normalized spacial score (nSPS) is 25.9. The van der Waals surface area contributed by atoms with Gasteiger partial charge in [0.1, 0.15) is 0 Å². The summed E-state index contributed by atoms with van der Waals surface area (Å²) in [6.45, 7) is 2.27. The van der Waals surface area contributed by atoms with E-state index in [2.05, 4.69) is 58.7 Å². The van der Waals surface area contributed by atoms with Gasteiger partial charge in [-0.15, -0.1) is 0 Å². The first-order valence-electron chi connectivity index (χ1n) is 6.73. The highest BCUT2D eigenvalue weighted by molar-refractivity contribution is 9.10. The van der Waals surface area contributed by atoms with Crippen LogP contribution < -0.4 is 5.32 Å². The summed E-state index contributed by atoms with van der Waals surface area (Å²) < 4.78 is 1.17. The number of rotatable bonds is 4. The SMILES string of the molecule is CSC1CCCC(NC(C)c2cccc(Br)c2)C1. The van der Waals surface area contributed by atoms with E-state index in [0.717, 1.165) is 5.25 Å². The maximum absolute atomic E-state index is 3.79. The van der Waals surface area contributed by atoms with Crippen molar-refractivity contribution < 1.29 is 0 Å². The average Bonchev–Trinajstić information content (AvgIpc) is 2.39. The molecule has 2 rings (SSSR count). The highest BCUT2D eigenvalue weighted by Gasteiger charge is 2.22. The maximum Gasteiger partial charge on any atom is 0.0294 e. The van der Waals surface area contributed by atoms with Gasteiger partial charge in [-0.05, 0) is 50.1 Å². The first-order chi connectivity index (χ1) is 8.69. The summed E-state index contributed by atoms with van der Waals surface area (Å²) in [5.74, 6) is 0. The van der Waals surface area contributed by atoms with Crippen molar-refractivity contribution in [2.75, 3.05) is 6.26 Å². The Kier molecular flexibility index (Phi) is 5.58. The molecule has 1 saturated carbocycles. The summed E-state index contributed by atoms with van der Waals surface area (Å²) in [5.41, 5.74) is 1.37. The molecule has 0 spiro atoms. The third-order valence-corrected chi connectivity index (χ3v) is 5.38. The summed E-state index contributed by atoms with van der Waals surface area (Å²) in [6, 6.07) is 9.74. The number of hydrogen-bond donors (Lipinski definition) is 1. The van der Waals surface area contributed by atoms with Gasteiger partial charge in [-0.1, -0.05) is 34.5 Å². The third-order valence-electron chi connectivity index (χ3n) is 3.79. The fourth-order valence-corrected chi connectivity index (χ4v) is 3.98. The Morgan fingerprint density at radius 1 is 1.39 bits per heavy atom. The zero-order valence-corrected chi connectivity index (χ0v) is 13.6. The molecule has 0 bridgehead atoms. The van der Waals surface area contributed by atoms with Gasteiger partial charge in [0.15, 0.2) is 0 Å². The Hall–Kier alpha value is 0.01000. The minimum atomic E-state index is 0.438. The molecular weight excluding hydrogens is 306 g/mol. The van der Waals surface area contributed by atoms with Gasteiger partial charge in [-0.3, -0.25) is 0 Å². The van der Waals surface area contributed by atoms with E-state index in [1.807, 2.05) is 11.8 Å². The molecule has 18 heavy (non-hydrogen) atoms. The highest BCUT2D eigenvalue weighted by Crippen LogP contribution is 2.28. The minimum absolute atomic E-state index is 0.438. The van der Waals surface area contributed by atoms with Gasteiger partial charge in [0.2, 0.25) is 0 Å². The Balaban J connectivity index is 1.92. The number of benzene rings is 1. The summed E-state index contributed by atoms with van der Waals surface area (Å²) in [4.78, 5) is 0. The van der Waals surface area contributed by atoms with Crippen LogP contribution in [0.5, 0.6) is 0 Å². The number of nitrogens with one attached hydrogen (secondary N) is 1. The van der Waals surface area contributed by atoms with Gasteiger partial charge >= 0.3 is 0 Å². The molecule has 0 aliphatic heterocycles. The summed E-state index contributed by atoms with van der Waals surface area (Å²) in [5, 5.41) is 4.65. The van der Waals surface area contributed by atoms with Gasteiger partial charge in [0, 0.05) is 21.8 Å². The molecule has 1 aromatic carbocycles. The first kappa shape index (κ1) is 14.4. The molecule has 1 aromatic rings. The van der Waals surface area contributed by atoms with Gasteiger partial charge in [-0.25, -0.2) is 0 Å². The van der Waals surface area contributed by atoms with Crippen molar-refractivity contribution in [2.45, 2.75) is 49.9 Å². The molecule has 1 aliphatic rings. The lowest BCUT2D eigenvalue weighted by Crippen LogP contribution is -2.36. The largest absolute Gasteiger partial charge is 0.307 e. The molecule has 100 valence electrons. The summed E-state index contributed by atoms with van der Waals surface area (Å²) in [6.07, 6.45) is 7.65. The van der Waals surface area contributed by atoms with Crippen LogP contribution in [0.4, 0.5) is 0 Å². The summed E-state index contributed by atoms with van der Waals surface area (Å²) in [7, 11) is 0. The fourth-order valence-electron chi connectivity index (χ4n) is 2.74. The lowest BCUT2D eigenvalue weighted by Gasteiger charge is -2.31. The monoisotopic (exact) mass is 327 g/mol. The van der Waals surface area contributed by atoms with E-state index in [0.29, 0.717) is 12.1 Å². The van der Waals surface area contributed by atoms with Gasteiger partial charge in [0.25, 0.3) is 0 Å². The molecule has 3 unspecified atom stereocenters. The van der Waals surface area contributed by atoms with Gasteiger partial charge < -0.3 is 5.32 Å². The van der Waals surface area contributed by atoms with Crippen molar-refractivity contribution in [3.8, 4) is 0 Å². The van der Waals surface area contributed by atoms with E-state index in [1.54, 1.807) is 0 Å². The number of thioether (sulfide) groups is 1. The van der Waals surface area contributed by atoms with Crippen molar-refractivity contribution >= 4 is 27.7 Å². The molecule has 1 nitrogen and oxygen atoms in total. The van der Waals surface area contributed by atoms with Crippen molar-refractivity contribution in [1.29, 1.82) is 0 Å². The fraction of sp³-hybridized carbons (Fsp3) is 0.600. The van der Waals surface area contributed by atoms with Crippen LogP contribution in [0.1, 0.15) is 44.2 Å². The topological polar surface area (TPSA) is 12.0 Å². The second-order valence-electron chi connectivity index (χ2n) is 5.16. The zero-order chi connectivity index (χ0) is 13.0. The van der Waals surface area contributed by atoms with Crippen molar-refractivity contribution in [2.24, 2.45) is 0 Å². The molecule has 0 aromatic heterocycles. The molecule has 1 fully saturated rings. The number of halogens is 1. The Bertz CT molecular complexity index is 383. The average molecular weight is 328 g/mol. The highest BCUT2D eigenvalue weighted by atomic mass is 79.9. The van der Waals surface area contributed by atoms with Crippen LogP contribution in [0, 0.1) is 0 Å². The molecule has 0 amide bonds. The maximum atomic E-state index is 3.79. The molecule has 1 N–H and O–H groups in total. The second kappa shape index (κ2) is 6.97. The second-order valence-corrected chi connectivity index (χ2v) is 7.22. The third kappa shape index (κ3) is 4.01. The van der Waals surface area contributed by atoms with Crippen LogP contribution in [0.3, 0.4) is 0 Å². The van der Waals surface area contributed by atoms with E-state index < -0.39 is 0 Å². The molecule has 3 heteroatoms. The van der Waals surface area contributed by atoms with Crippen LogP contribution in [0.2, 0.25) is 0 Å². The van der Waals surface area contributed by atoms with E-state index in [4.69, 9.17) is 0 Å². The predicted molar refractivity (Wildman–Crippen MR) is 85.3 cm³/mol. The zero-order valence-electron chi connectivity index (χ0n) is 11.2. The van der Waals surface area contributed by atoms with Crippen LogP contribution in [-0.4, -0.2) is 17.5 Å².